The van der Waals surface area contributed by atoms with E-state index in [1.54, 1.807) is 6.92 Å². The van der Waals surface area contributed by atoms with Gasteiger partial charge in [-0.05, 0) is 12.5 Å². The van der Waals surface area contributed by atoms with Crippen molar-refractivity contribution in [2.24, 2.45) is 0 Å². The molecule has 0 saturated heterocycles. The monoisotopic (exact) mass is 265 g/mol. The number of imidazole rings is 1. The molecule has 0 amide bonds. The molecule has 1 aromatic heterocycles. The van der Waals surface area contributed by atoms with E-state index in [1.165, 1.54) is 6.20 Å². The second kappa shape index (κ2) is 4.91. The molecule has 0 atom stereocenters. The van der Waals surface area contributed by atoms with E-state index < -0.39 is 10.0 Å². The Kier molecular flexibility index (Phi) is 3.49. The molecule has 0 aliphatic heterocycles. The van der Waals surface area contributed by atoms with Gasteiger partial charge in [-0.1, -0.05) is 36.8 Å². The van der Waals surface area contributed by atoms with Crippen molar-refractivity contribution in [2.45, 2.75) is 19.0 Å². The van der Waals surface area contributed by atoms with Gasteiger partial charge in [0, 0.05) is 6.54 Å². The number of aromatic nitrogens is 2. The van der Waals surface area contributed by atoms with Crippen LogP contribution in [-0.4, -0.2) is 24.9 Å². The van der Waals surface area contributed by atoms with E-state index in [1.807, 2.05) is 31.2 Å². The normalized spacial score (nSPS) is 11.7. The standard InChI is InChI=1S/C12H15N3O2S/c1-3-14-18(16,17)12-13-8-11(15-12)10-6-4-9(2)5-7-10/h4-8,14H,3H2,1-2H3,(H,13,15). The first kappa shape index (κ1) is 12.8. The molecule has 0 fully saturated rings. The van der Waals surface area contributed by atoms with Gasteiger partial charge >= 0.3 is 0 Å². The molecule has 1 heterocycles. The number of nitrogens with zero attached hydrogens (tertiary/aromatic N) is 1. The smallest absolute Gasteiger partial charge is 0.274 e. The van der Waals surface area contributed by atoms with Crippen LogP contribution in [0.1, 0.15) is 12.5 Å². The molecule has 2 rings (SSSR count). The van der Waals surface area contributed by atoms with Crippen LogP contribution in [0.5, 0.6) is 0 Å². The largest absolute Gasteiger partial charge is 0.328 e. The number of H-pyrrole nitrogens is 1. The molecule has 0 unspecified atom stereocenters. The van der Waals surface area contributed by atoms with Gasteiger partial charge < -0.3 is 4.98 Å². The number of sulfonamides is 1. The first-order valence-electron chi connectivity index (χ1n) is 5.64. The minimum absolute atomic E-state index is 0.0556. The maximum Gasteiger partial charge on any atom is 0.274 e. The molecule has 2 aromatic rings. The molecule has 0 saturated carbocycles. The van der Waals surface area contributed by atoms with Gasteiger partial charge in [0.2, 0.25) is 5.16 Å². The summed E-state index contributed by atoms with van der Waals surface area (Å²) in [7, 11) is -3.52. The van der Waals surface area contributed by atoms with Crippen molar-refractivity contribution in [1.82, 2.24) is 14.7 Å². The van der Waals surface area contributed by atoms with Gasteiger partial charge in [-0.3, -0.25) is 0 Å². The number of hydrogen-bond donors (Lipinski definition) is 2. The highest BCUT2D eigenvalue weighted by molar-refractivity contribution is 7.89. The molecule has 5 nitrogen and oxygen atoms in total. The van der Waals surface area contributed by atoms with Crippen LogP contribution in [0.25, 0.3) is 11.3 Å². The molecule has 0 spiro atoms. The lowest BCUT2D eigenvalue weighted by Gasteiger charge is -2.00. The average molecular weight is 265 g/mol. The van der Waals surface area contributed by atoms with Crippen molar-refractivity contribution in [3.8, 4) is 11.3 Å². The highest BCUT2D eigenvalue weighted by Crippen LogP contribution is 2.18. The molecule has 6 heteroatoms. The third-order valence-electron chi connectivity index (χ3n) is 2.50. The van der Waals surface area contributed by atoms with E-state index in [0.717, 1.165) is 11.1 Å². The third kappa shape index (κ3) is 2.60. The molecule has 18 heavy (non-hydrogen) atoms. The first-order valence-corrected chi connectivity index (χ1v) is 7.13. The van der Waals surface area contributed by atoms with E-state index in [2.05, 4.69) is 14.7 Å². The van der Waals surface area contributed by atoms with Crippen LogP contribution in [-0.2, 0) is 10.0 Å². The van der Waals surface area contributed by atoms with E-state index in [9.17, 15) is 8.42 Å². The zero-order valence-electron chi connectivity index (χ0n) is 10.3. The minimum atomic E-state index is -3.52. The number of benzene rings is 1. The Morgan fingerprint density at radius 1 is 1.28 bits per heavy atom. The summed E-state index contributed by atoms with van der Waals surface area (Å²) in [6.07, 6.45) is 1.52. The topological polar surface area (TPSA) is 74.8 Å². The number of hydrogen-bond acceptors (Lipinski definition) is 3. The maximum absolute atomic E-state index is 11.7. The van der Waals surface area contributed by atoms with E-state index in [4.69, 9.17) is 0 Å². The fraction of sp³-hybridized carbons (Fsp3) is 0.250. The zero-order valence-corrected chi connectivity index (χ0v) is 11.1. The molecule has 1 aromatic carbocycles. The Labute approximate surface area is 106 Å². The molecule has 0 radical (unpaired) electrons. The molecule has 0 bridgehead atoms. The molecule has 0 aliphatic carbocycles. The molecule has 2 N–H and O–H groups in total. The summed E-state index contributed by atoms with van der Waals surface area (Å²) in [5.41, 5.74) is 2.75. The second-order valence-electron chi connectivity index (χ2n) is 3.97. The molecular weight excluding hydrogens is 250 g/mol. The number of rotatable bonds is 4. The van der Waals surface area contributed by atoms with Crippen molar-refractivity contribution < 1.29 is 8.42 Å². The predicted molar refractivity (Wildman–Crippen MR) is 69.6 cm³/mol. The van der Waals surface area contributed by atoms with Crippen LogP contribution in [0.2, 0.25) is 0 Å². The summed E-state index contributed by atoms with van der Waals surface area (Å²) < 4.78 is 25.8. The maximum atomic E-state index is 11.7. The summed E-state index contributed by atoms with van der Waals surface area (Å²) >= 11 is 0. The number of aromatic amines is 1. The summed E-state index contributed by atoms with van der Waals surface area (Å²) in [6.45, 7) is 4.06. The lowest BCUT2D eigenvalue weighted by atomic mass is 10.1. The Bertz CT molecular complexity index is 630. The zero-order chi connectivity index (χ0) is 13.2. The van der Waals surface area contributed by atoms with Gasteiger partial charge in [-0.25, -0.2) is 18.1 Å². The van der Waals surface area contributed by atoms with Crippen LogP contribution < -0.4 is 4.72 Å². The fourth-order valence-corrected chi connectivity index (χ4v) is 2.53. The Morgan fingerprint density at radius 3 is 2.56 bits per heavy atom. The van der Waals surface area contributed by atoms with Crippen molar-refractivity contribution in [1.29, 1.82) is 0 Å². The van der Waals surface area contributed by atoms with Crippen LogP contribution in [0.15, 0.2) is 35.6 Å². The summed E-state index contributed by atoms with van der Waals surface area (Å²) in [5.74, 6) is 0. The Hall–Kier alpha value is -1.66. The third-order valence-corrected chi connectivity index (χ3v) is 3.89. The van der Waals surface area contributed by atoms with Gasteiger partial charge in [0.05, 0.1) is 11.9 Å². The van der Waals surface area contributed by atoms with E-state index in [0.29, 0.717) is 12.2 Å². The van der Waals surface area contributed by atoms with Crippen LogP contribution in [0.3, 0.4) is 0 Å². The van der Waals surface area contributed by atoms with Crippen molar-refractivity contribution in [3.63, 3.8) is 0 Å². The van der Waals surface area contributed by atoms with Gasteiger partial charge in [-0.15, -0.1) is 0 Å². The van der Waals surface area contributed by atoms with E-state index >= 15 is 0 Å². The SMILES string of the molecule is CCNS(=O)(=O)c1ncc(-c2ccc(C)cc2)[nH]1. The van der Waals surface area contributed by atoms with E-state index in [-0.39, 0.29) is 5.16 Å². The van der Waals surface area contributed by atoms with Gasteiger partial charge in [-0.2, -0.15) is 0 Å². The minimum Gasteiger partial charge on any atom is -0.328 e. The van der Waals surface area contributed by atoms with Crippen LogP contribution in [0, 0.1) is 6.92 Å². The Balaban J connectivity index is 2.34. The fourth-order valence-electron chi connectivity index (χ4n) is 1.58. The molecule has 96 valence electrons. The van der Waals surface area contributed by atoms with Crippen molar-refractivity contribution in [2.75, 3.05) is 6.54 Å². The summed E-state index contributed by atoms with van der Waals surface area (Å²) in [6, 6.07) is 7.78. The highest BCUT2D eigenvalue weighted by atomic mass is 32.2. The second-order valence-corrected chi connectivity index (χ2v) is 5.65. The average Bonchev–Trinajstić information content (AvgIpc) is 2.80. The van der Waals surface area contributed by atoms with Crippen LogP contribution in [0.4, 0.5) is 0 Å². The summed E-state index contributed by atoms with van der Waals surface area (Å²) in [4.78, 5) is 6.71. The molecular formula is C12H15N3O2S. The highest BCUT2D eigenvalue weighted by Gasteiger charge is 2.17. The van der Waals surface area contributed by atoms with Crippen molar-refractivity contribution in [3.05, 3.63) is 36.0 Å². The van der Waals surface area contributed by atoms with Crippen LogP contribution >= 0.6 is 0 Å². The van der Waals surface area contributed by atoms with Gasteiger partial charge in [0.25, 0.3) is 10.0 Å². The molecule has 0 aliphatic rings. The number of aryl methyl sites for hydroxylation is 1. The number of nitrogens with one attached hydrogen (secondary N) is 2. The van der Waals surface area contributed by atoms with Gasteiger partial charge in [0.1, 0.15) is 0 Å². The predicted octanol–water partition coefficient (Wildman–Crippen LogP) is 1.68. The lowest BCUT2D eigenvalue weighted by molar-refractivity contribution is 0.576. The van der Waals surface area contributed by atoms with Crippen molar-refractivity contribution >= 4 is 10.0 Å². The lowest BCUT2D eigenvalue weighted by Crippen LogP contribution is -2.24. The van der Waals surface area contributed by atoms with Gasteiger partial charge in [0.15, 0.2) is 0 Å². The Morgan fingerprint density at radius 2 is 1.94 bits per heavy atom. The quantitative estimate of drug-likeness (QED) is 0.883. The summed E-state index contributed by atoms with van der Waals surface area (Å²) in [5, 5.41) is -0.0556. The first-order chi connectivity index (χ1) is 8.53.